The average Bonchev–Trinajstić information content (AvgIpc) is 2.62. The van der Waals surface area contributed by atoms with E-state index in [1.165, 1.54) is 7.11 Å². The maximum atomic E-state index is 11.8. The number of nitrogens with one attached hydrogen (secondary N) is 2. The summed E-state index contributed by atoms with van der Waals surface area (Å²) in [6.45, 7) is 1.09. The zero-order valence-corrected chi connectivity index (χ0v) is 14.8. The fraction of sp³-hybridized carbons (Fsp3) is 0.263. The van der Waals surface area contributed by atoms with Gasteiger partial charge in [0.25, 0.3) is 0 Å². The maximum absolute atomic E-state index is 11.8. The Hall–Kier alpha value is -2.53. The fourth-order valence-electron chi connectivity index (χ4n) is 2.29. The van der Waals surface area contributed by atoms with Gasteiger partial charge in [0.2, 0.25) is 5.91 Å². The van der Waals surface area contributed by atoms with Crippen molar-refractivity contribution in [2.24, 2.45) is 0 Å². The molecule has 2 N–H and O–H groups in total. The monoisotopic (exact) mass is 360 g/mol. The zero-order valence-electron chi connectivity index (χ0n) is 14.0. The van der Waals surface area contributed by atoms with Crippen LogP contribution in [0.2, 0.25) is 5.02 Å². The molecular weight excluding hydrogens is 340 g/mol. The molecule has 0 unspecified atom stereocenters. The van der Waals surface area contributed by atoms with E-state index >= 15 is 0 Å². The van der Waals surface area contributed by atoms with Crippen molar-refractivity contribution in [3.05, 3.63) is 64.7 Å². The summed E-state index contributed by atoms with van der Waals surface area (Å²) in [6.07, 6.45) is 1.11. The van der Waals surface area contributed by atoms with Crippen molar-refractivity contribution in [1.29, 1.82) is 0 Å². The molecule has 0 atom stereocenters. The topological polar surface area (TPSA) is 67.4 Å². The number of benzene rings is 2. The lowest BCUT2D eigenvalue weighted by Crippen LogP contribution is -2.27. The third-order valence-corrected chi connectivity index (χ3v) is 3.85. The molecule has 6 heteroatoms. The minimum atomic E-state index is -0.370. The van der Waals surface area contributed by atoms with Crippen LogP contribution >= 0.6 is 11.6 Å². The molecule has 2 rings (SSSR count). The number of carbonyl (C=O) groups is 2. The van der Waals surface area contributed by atoms with Crippen molar-refractivity contribution in [1.82, 2.24) is 5.32 Å². The van der Waals surface area contributed by atoms with E-state index < -0.39 is 0 Å². The van der Waals surface area contributed by atoms with Crippen LogP contribution in [0.5, 0.6) is 0 Å². The first-order valence-corrected chi connectivity index (χ1v) is 8.39. The Morgan fingerprint density at radius 2 is 1.84 bits per heavy atom. The molecule has 2 aromatic carbocycles. The molecule has 2 aromatic rings. The number of hydrogen-bond acceptors (Lipinski definition) is 4. The van der Waals surface area contributed by atoms with Gasteiger partial charge in [0.15, 0.2) is 0 Å². The lowest BCUT2D eigenvalue weighted by Gasteiger charge is -2.08. The maximum Gasteiger partial charge on any atom is 0.337 e. The summed E-state index contributed by atoms with van der Waals surface area (Å²) >= 11 is 5.93. The Bertz CT molecular complexity index is 717. The second-order valence-corrected chi connectivity index (χ2v) is 5.91. The van der Waals surface area contributed by atoms with Gasteiger partial charge in [0.1, 0.15) is 0 Å². The Morgan fingerprint density at radius 1 is 1.08 bits per heavy atom. The molecule has 0 saturated heterocycles. The number of halogens is 1. The van der Waals surface area contributed by atoms with Crippen LogP contribution in [0.4, 0.5) is 5.69 Å². The van der Waals surface area contributed by atoms with Gasteiger partial charge in [-0.25, -0.2) is 4.79 Å². The van der Waals surface area contributed by atoms with Crippen LogP contribution in [0.15, 0.2) is 48.5 Å². The van der Waals surface area contributed by atoms with Gasteiger partial charge in [-0.1, -0.05) is 23.7 Å². The van der Waals surface area contributed by atoms with Gasteiger partial charge < -0.3 is 15.4 Å². The van der Waals surface area contributed by atoms with Crippen LogP contribution in [0.3, 0.4) is 0 Å². The number of anilines is 1. The summed E-state index contributed by atoms with van der Waals surface area (Å²) in [5.74, 6) is -0.383. The van der Waals surface area contributed by atoms with Crippen LogP contribution in [-0.2, 0) is 16.0 Å². The van der Waals surface area contributed by atoms with E-state index in [2.05, 4.69) is 15.4 Å². The van der Waals surface area contributed by atoms with E-state index in [0.29, 0.717) is 30.1 Å². The van der Waals surface area contributed by atoms with E-state index in [-0.39, 0.29) is 11.9 Å². The molecule has 0 heterocycles. The van der Waals surface area contributed by atoms with Crippen LogP contribution < -0.4 is 10.6 Å². The molecule has 0 saturated carbocycles. The van der Waals surface area contributed by atoms with E-state index in [0.717, 1.165) is 17.7 Å². The zero-order chi connectivity index (χ0) is 18.1. The molecule has 0 radical (unpaired) electrons. The Labute approximate surface area is 152 Å². The van der Waals surface area contributed by atoms with Crippen LogP contribution in [-0.4, -0.2) is 32.1 Å². The predicted octanol–water partition coefficient (Wildman–Crippen LogP) is 3.29. The second-order valence-electron chi connectivity index (χ2n) is 5.48. The minimum absolute atomic E-state index is 0.0132. The van der Waals surface area contributed by atoms with Gasteiger partial charge >= 0.3 is 5.97 Å². The number of carbonyl (C=O) groups excluding carboxylic acids is 2. The van der Waals surface area contributed by atoms with Gasteiger partial charge in [-0.3, -0.25) is 4.79 Å². The lowest BCUT2D eigenvalue weighted by molar-refractivity contribution is -0.120. The third kappa shape index (κ3) is 6.47. The molecule has 132 valence electrons. The van der Waals surface area contributed by atoms with E-state index in [1.807, 2.05) is 24.3 Å². The number of esters is 1. The molecular formula is C19H21ClN2O3. The standard InChI is InChI=1S/C19H21ClN2O3/c1-25-19(24)15-5-7-17(8-6-15)21-12-10-18(23)22-11-9-14-3-2-4-16(20)13-14/h2-8,13,21H,9-12H2,1H3,(H,22,23). The molecule has 25 heavy (non-hydrogen) atoms. The third-order valence-electron chi connectivity index (χ3n) is 3.61. The fourth-order valence-corrected chi connectivity index (χ4v) is 2.50. The van der Waals surface area contributed by atoms with E-state index in [1.54, 1.807) is 24.3 Å². The molecule has 1 amide bonds. The summed E-state index contributed by atoms with van der Waals surface area (Å²) in [5.41, 5.74) is 2.43. The quantitative estimate of drug-likeness (QED) is 0.709. The van der Waals surface area contributed by atoms with Crippen molar-refractivity contribution < 1.29 is 14.3 Å². The number of rotatable bonds is 8. The Kier molecular flexibility index (Phi) is 7.29. The van der Waals surface area contributed by atoms with Gasteiger partial charge in [-0.05, 0) is 48.4 Å². The summed E-state index contributed by atoms with van der Waals surface area (Å²) in [6, 6.07) is 14.5. The van der Waals surface area contributed by atoms with Crippen molar-refractivity contribution in [2.75, 3.05) is 25.5 Å². The van der Waals surface area contributed by atoms with Crippen molar-refractivity contribution >= 4 is 29.2 Å². The molecule has 0 aliphatic heterocycles. The number of ether oxygens (including phenoxy) is 1. The molecule has 0 aliphatic rings. The van der Waals surface area contributed by atoms with E-state index in [9.17, 15) is 9.59 Å². The van der Waals surface area contributed by atoms with Gasteiger partial charge in [-0.15, -0.1) is 0 Å². The summed E-state index contributed by atoms with van der Waals surface area (Å²) in [4.78, 5) is 23.2. The number of hydrogen-bond donors (Lipinski definition) is 2. The summed E-state index contributed by atoms with van der Waals surface area (Å²) in [5, 5.41) is 6.73. The smallest absolute Gasteiger partial charge is 0.337 e. The van der Waals surface area contributed by atoms with Crippen LogP contribution in [0, 0.1) is 0 Å². The first-order valence-electron chi connectivity index (χ1n) is 8.02. The molecule has 0 aromatic heterocycles. The predicted molar refractivity (Wildman–Crippen MR) is 99.1 cm³/mol. The highest BCUT2D eigenvalue weighted by atomic mass is 35.5. The van der Waals surface area contributed by atoms with Crippen molar-refractivity contribution in [3.63, 3.8) is 0 Å². The Morgan fingerprint density at radius 3 is 2.52 bits per heavy atom. The van der Waals surface area contributed by atoms with Crippen LogP contribution in [0.1, 0.15) is 22.3 Å². The Balaban J connectivity index is 1.65. The molecule has 0 fully saturated rings. The highest BCUT2D eigenvalue weighted by Gasteiger charge is 2.05. The first kappa shape index (κ1) is 18.8. The molecule has 0 bridgehead atoms. The molecule has 0 aliphatic carbocycles. The second kappa shape index (κ2) is 9.69. The van der Waals surface area contributed by atoms with Crippen LogP contribution in [0.25, 0.3) is 0 Å². The average molecular weight is 361 g/mol. The van der Waals surface area contributed by atoms with Gasteiger partial charge in [0.05, 0.1) is 12.7 Å². The first-order chi connectivity index (χ1) is 12.1. The normalized spacial score (nSPS) is 10.2. The number of amides is 1. The summed E-state index contributed by atoms with van der Waals surface area (Å²) in [7, 11) is 1.35. The highest BCUT2D eigenvalue weighted by Crippen LogP contribution is 2.11. The van der Waals surface area contributed by atoms with Crippen molar-refractivity contribution in [2.45, 2.75) is 12.8 Å². The highest BCUT2D eigenvalue weighted by molar-refractivity contribution is 6.30. The van der Waals surface area contributed by atoms with Crippen molar-refractivity contribution in [3.8, 4) is 0 Å². The SMILES string of the molecule is COC(=O)c1ccc(NCCC(=O)NCCc2cccc(Cl)c2)cc1. The van der Waals surface area contributed by atoms with Gasteiger partial charge in [0, 0.05) is 30.2 Å². The van der Waals surface area contributed by atoms with Gasteiger partial charge in [-0.2, -0.15) is 0 Å². The largest absolute Gasteiger partial charge is 0.465 e. The minimum Gasteiger partial charge on any atom is -0.465 e. The molecule has 5 nitrogen and oxygen atoms in total. The number of methoxy groups -OCH3 is 1. The summed E-state index contributed by atoms with van der Waals surface area (Å²) < 4.78 is 4.65. The lowest BCUT2D eigenvalue weighted by atomic mass is 10.1. The molecule has 0 spiro atoms. The van der Waals surface area contributed by atoms with E-state index in [4.69, 9.17) is 11.6 Å².